The molecule has 0 radical (unpaired) electrons. The van der Waals surface area contributed by atoms with Crippen molar-refractivity contribution in [2.24, 2.45) is 0 Å². The summed E-state index contributed by atoms with van der Waals surface area (Å²) < 4.78 is 11.5. The number of anilines is 3. The Hall–Kier alpha value is -5.26. The van der Waals surface area contributed by atoms with Crippen LogP contribution in [0, 0.1) is 6.92 Å². The predicted octanol–water partition coefficient (Wildman–Crippen LogP) is 6.12. The summed E-state index contributed by atoms with van der Waals surface area (Å²) in [4.78, 5) is 42.0. The normalized spacial score (nSPS) is 16.5. The van der Waals surface area contributed by atoms with Gasteiger partial charge in [-0.3, -0.25) is 4.79 Å². The Morgan fingerprint density at radius 2 is 1.52 bits per heavy atom. The van der Waals surface area contributed by atoms with Gasteiger partial charge < -0.3 is 34.5 Å². The number of likely N-dealkylation sites (tertiary alicyclic amines) is 1. The molecular formula is C37H39N7O4. The summed E-state index contributed by atoms with van der Waals surface area (Å²) in [6.07, 6.45) is 0.970. The van der Waals surface area contributed by atoms with Crippen LogP contribution in [-0.4, -0.2) is 91.2 Å². The highest BCUT2D eigenvalue weighted by atomic mass is 16.5. The first kappa shape index (κ1) is 31.3. The molecule has 5 aromatic rings. The van der Waals surface area contributed by atoms with E-state index in [1.165, 1.54) is 0 Å². The van der Waals surface area contributed by atoms with Crippen LogP contribution in [0.25, 0.3) is 33.6 Å². The number of aryl methyl sites for hydroxylation is 1. The zero-order valence-corrected chi connectivity index (χ0v) is 27.4. The van der Waals surface area contributed by atoms with Crippen LogP contribution >= 0.6 is 0 Å². The lowest BCUT2D eigenvalue weighted by atomic mass is 10.1. The van der Waals surface area contributed by atoms with E-state index in [9.17, 15) is 9.59 Å². The van der Waals surface area contributed by atoms with Gasteiger partial charge in [-0.25, -0.2) is 14.8 Å². The number of urea groups is 1. The second-order valence-electron chi connectivity index (χ2n) is 12.5. The molecule has 2 aromatic heterocycles. The quantitative estimate of drug-likeness (QED) is 0.218. The Bertz CT molecular complexity index is 1930. The molecule has 48 heavy (non-hydrogen) atoms. The van der Waals surface area contributed by atoms with Gasteiger partial charge in [-0.15, -0.1) is 0 Å². The maximum atomic E-state index is 12.9. The number of nitrogens with one attached hydrogen (secondary N) is 2. The first-order valence-electron chi connectivity index (χ1n) is 16.3. The smallest absolute Gasteiger partial charge is 0.323 e. The molecule has 2 saturated heterocycles. The molecule has 2 aliphatic heterocycles. The molecule has 246 valence electrons. The third-order valence-electron chi connectivity index (χ3n) is 8.98. The van der Waals surface area contributed by atoms with Crippen molar-refractivity contribution in [1.29, 1.82) is 0 Å². The number of hydrogen-bond acceptors (Lipinski definition) is 8. The minimum Gasteiger partial charge on any atom is -0.461 e. The lowest BCUT2D eigenvalue weighted by Crippen LogP contribution is -2.37. The van der Waals surface area contributed by atoms with Gasteiger partial charge in [0.2, 0.25) is 0 Å². The molecule has 2 fully saturated rings. The third kappa shape index (κ3) is 6.73. The van der Waals surface area contributed by atoms with Crippen LogP contribution in [0.4, 0.5) is 22.0 Å². The molecule has 1 unspecified atom stereocenters. The second-order valence-corrected chi connectivity index (χ2v) is 12.5. The second kappa shape index (κ2) is 13.5. The maximum Gasteiger partial charge on any atom is 0.323 e. The topological polar surface area (TPSA) is 116 Å². The highest BCUT2D eigenvalue weighted by molar-refractivity contribution is 6.01. The van der Waals surface area contributed by atoms with E-state index >= 15 is 0 Å². The summed E-state index contributed by atoms with van der Waals surface area (Å²) in [5, 5.41) is 6.70. The number of furan rings is 1. The summed E-state index contributed by atoms with van der Waals surface area (Å²) in [7, 11) is 4.08. The third-order valence-corrected chi connectivity index (χ3v) is 8.98. The van der Waals surface area contributed by atoms with Crippen molar-refractivity contribution in [3.05, 3.63) is 90.2 Å². The van der Waals surface area contributed by atoms with Crippen LogP contribution in [0.5, 0.6) is 0 Å². The number of morpholine rings is 1. The van der Waals surface area contributed by atoms with Crippen LogP contribution in [0.15, 0.2) is 83.3 Å². The van der Waals surface area contributed by atoms with Crippen molar-refractivity contribution < 1.29 is 18.7 Å². The largest absolute Gasteiger partial charge is 0.461 e. The summed E-state index contributed by atoms with van der Waals surface area (Å²) >= 11 is 0. The molecular weight excluding hydrogens is 606 g/mol. The number of carbonyl (C=O) groups is 2. The maximum absolute atomic E-state index is 12.9. The molecule has 0 bridgehead atoms. The first-order valence-corrected chi connectivity index (χ1v) is 16.3. The van der Waals surface area contributed by atoms with E-state index in [4.69, 9.17) is 19.1 Å². The fourth-order valence-corrected chi connectivity index (χ4v) is 6.22. The highest BCUT2D eigenvalue weighted by Gasteiger charge is 2.28. The van der Waals surface area contributed by atoms with Crippen LogP contribution in [-0.2, 0) is 4.74 Å². The van der Waals surface area contributed by atoms with E-state index in [1.54, 1.807) is 24.3 Å². The average Bonchev–Trinajstić information content (AvgIpc) is 3.78. The number of aromatic nitrogens is 2. The van der Waals surface area contributed by atoms with E-state index < -0.39 is 0 Å². The van der Waals surface area contributed by atoms with E-state index in [0.29, 0.717) is 42.0 Å². The van der Waals surface area contributed by atoms with Gasteiger partial charge in [0.25, 0.3) is 5.91 Å². The number of hydrogen-bond donors (Lipinski definition) is 2. The molecule has 11 heteroatoms. The van der Waals surface area contributed by atoms with Crippen molar-refractivity contribution >= 4 is 40.0 Å². The van der Waals surface area contributed by atoms with Gasteiger partial charge in [0.05, 0.1) is 18.7 Å². The van der Waals surface area contributed by atoms with Crippen LogP contribution in [0.1, 0.15) is 22.5 Å². The zero-order chi connectivity index (χ0) is 33.2. The van der Waals surface area contributed by atoms with Crippen LogP contribution in [0.2, 0.25) is 0 Å². The van der Waals surface area contributed by atoms with Crippen molar-refractivity contribution in [1.82, 2.24) is 19.8 Å². The highest BCUT2D eigenvalue weighted by Crippen LogP contribution is 2.32. The van der Waals surface area contributed by atoms with Crippen molar-refractivity contribution in [3.63, 3.8) is 0 Å². The average molecular weight is 646 g/mol. The molecule has 0 aliphatic carbocycles. The Kier molecular flexibility index (Phi) is 8.79. The molecule has 7 rings (SSSR count). The summed E-state index contributed by atoms with van der Waals surface area (Å²) in [5.41, 5.74) is 4.42. The predicted molar refractivity (Wildman–Crippen MR) is 188 cm³/mol. The number of fused-ring (bicyclic) bond motifs is 1. The molecule has 2 N–H and O–H groups in total. The first-order chi connectivity index (χ1) is 23.3. The van der Waals surface area contributed by atoms with Crippen LogP contribution in [0.3, 0.4) is 0 Å². The molecule has 3 amide bonds. The fourth-order valence-electron chi connectivity index (χ4n) is 6.22. The molecule has 0 saturated carbocycles. The van der Waals surface area contributed by atoms with Gasteiger partial charge >= 0.3 is 6.03 Å². The van der Waals surface area contributed by atoms with Gasteiger partial charge in [0.15, 0.2) is 5.82 Å². The zero-order valence-electron chi connectivity index (χ0n) is 27.4. The van der Waals surface area contributed by atoms with Crippen LogP contribution < -0.4 is 15.5 Å². The number of amides is 3. The van der Waals surface area contributed by atoms with E-state index in [1.807, 2.05) is 74.4 Å². The number of nitrogens with zero attached hydrogens (tertiary/aromatic N) is 5. The van der Waals surface area contributed by atoms with E-state index in [2.05, 4.69) is 26.5 Å². The number of ether oxygens (including phenoxy) is 1. The fraction of sp³-hybridized carbons (Fsp3) is 0.297. The van der Waals surface area contributed by atoms with Crippen molar-refractivity contribution in [3.8, 4) is 22.7 Å². The lowest BCUT2D eigenvalue weighted by Gasteiger charge is -2.29. The molecule has 11 nitrogen and oxygen atoms in total. The lowest BCUT2D eigenvalue weighted by molar-refractivity contribution is 0.0783. The summed E-state index contributed by atoms with van der Waals surface area (Å²) in [5.74, 6) is 3.12. The Balaban J connectivity index is 1.05. The number of rotatable bonds is 7. The van der Waals surface area contributed by atoms with Gasteiger partial charge in [0, 0.05) is 65.7 Å². The minimum atomic E-state index is -0.382. The molecule has 1 atom stereocenters. The molecule has 3 aromatic carbocycles. The molecule has 0 spiro atoms. The van der Waals surface area contributed by atoms with Gasteiger partial charge in [-0.1, -0.05) is 6.07 Å². The monoisotopic (exact) mass is 645 g/mol. The van der Waals surface area contributed by atoms with E-state index in [-0.39, 0.29) is 11.9 Å². The van der Waals surface area contributed by atoms with Crippen molar-refractivity contribution in [2.75, 3.05) is 69.0 Å². The van der Waals surface area contributed by atoms with Gasteiger partial charge in [-0.2, -0.15) is 0 Å². The Morgan fingerprint density at radius 3 is 2.17 bits per heavy atom. The minimum absolute atomic E-state index is 0.0101. The van der Waals surface area contributed by atoms with Gasteiger partial charge in [0.1, 0.15) is 17.3 Å². The molecule has 2 aliphatic rings. The Labute approximate surface area is 279 Å². The number of likely N-dealkylation sites (N-methyl/N-ethyl adjacent to an activating group) is 1. The van der Waals surface area contributed by atoms with E-state index in [0.717, 1.165) is 72.0 Å². The Morgan fingerprint density at radius 1 is 0.833 bits per heavy atom. The summed E-state index contributed by atoms with van der Waals surface area (Å²) in [6, 6.07) is 24.5. The number of benzene rings is 3. The van der Waals surface area contributed by atoms with Gasteiger partial charge in [-0.05, 0) is 100 Å². The van der Waals surface area contributed by atoms with Crippen molar-refractivity contribution in [2.45, 2.75) is 19.4 Å². The molecule has 4 heterocycles. The number of carbonyl (C=O) groups excluding carboxylic acids is 2. The standard InChI is InChI=1S/C37H39N7O4/c1-24-4-15-33(48-24)27-9-14-31-32(22-27)40-34(41-35(31)43-18-20-47-21-19-43)25-5-10-28(11-6-25)38-37(46)39-29-12-7-26(8-13-29)36(45)44-17-16-30(23-44)42(2)3/h4-15,22,30H,16-21,23H2,1-3H3,(H2,38,39,46). The SMILES string of the molecule is Cc1ccc(-c2ccc3c(N4CCOCC4)nc(-c4ccc(NC(=O)Nc5ccc(C(=O)N6CCC(N(C)C)C6)cc5)cc4)nc3c2)o1. The summed E-state index contributed by atoms with van der Waals surface area (Å²) in [6.45, 7) is 6.18.